The molecule has 0 aliphatic carbocycles. The van der Waals surface area contributed by atoms with Crippen LogP contribution in [0, 0.1) is 0 Å². The maximum absolute atomic E-state index is 12.3. The Bertz CT molecular complexity index is 842. The number of carbonyl (C=O) groups excluding carboxylic acids is 1. The second kappa shape index (κ2) is 5.60. The number of amides is 1. The predicted octanol–water partition coefficient (Wildman–Crippen LogP) is 5.38. The smallest absolute Gasteiger partial charge is 0.255 e. The molecule has 106 valence electrons. The van der Waals surface area contributed by atoms with E-state index in [1.807, 2.05) is 18.3 Å². The molecule has 0 radical (unpaired) electrons. The molecule has 3 aromatic rings. The highest BCUT2D eigenvalue weighted by molar-refractivity contribution is 6.44. The van der Waals surface area contributed by atoms with Crippen molar-refractivity contribution in [3.05, 3.63) is 63.2 Å². The van der Waals surface area contributed by atoms with Gasteiger partial charge >= 0.3 is 0 Å². The summed E-state index contributed by atoms with van der Waals surface area (Å²) in [7, 11) is 0. The van der Waals surface area contributed by atoms with E-state index >= 15 is 0 Å². The first-order valence-corrected chi connectivity index (χ1v) is 7.21. The van der Waals surface area contributed by atoms with Gasteiger partial charge in [0, 0.05) is 17.3 Å². The Hall–Kier alpha value is -1.68. The van der Waals surface area contributed by atoms with Crippen LogP contribution in [0.25, 0.3) is 10.9 Å². The van der Waals surface area contributed by atoms with Crippen LogP contribution in [0.4, 0.5) is 5.69 Å². The molecule has 1 aromatic heterocycles. The molecule has 0 saturated carbocycles. The summed E-state index contributed by atoms with van der Waals surface area (Å²) in [6, 6.07) is 10.4. The van der Waals surface area contributed by atoms with Gasteiger partial charge in [0.1, 0.15) is 0 Å². The maximum Gasteiger partial charge on any atom is 0.255 e. The minimum atomic E-state index is -0.271. The van der Waals surface area contributed by atoms with Gasteiger partial charge in [0.25, 0.3) is 5.91 Å². The van der Waals surface area contributed by atoms with E-state index in [-0.39, 0.29) is 5.91 Å². The van der Waals surface area contributed by atoms with E-state index < -0.39 is 0 Å². The highest BCUT2D eigenvalue weighted by atomic mass is 35.5. The van der Waals surface area contributed by atoms with Crippen molar-refractivity contribution in [1.82, 2.24) is 4.98 Å². The number of hydrogen-bond acceptors (Lipinski definition) is 1. The second-order valence-electron chi connectivity index (χ2n) is 4.48. The monoisotopic (exact) mass is 338 g/mol. The number of aromatic amines is 1. The normalized spacial score (nSPS) is 10.8. The van der Waals surface area contributed by atoms with Gasteiger partial charge in [0.05, 0.1) is 20.8 Å². The lowest BCUT2D eigenvalue weighted by Gasteiger charge is -2.09. The fourth-order valence-corrected chi connectivity index (χ4v) is 2.60. The van der Waals surface area contributed by atoms with E-state index in [0.29, 0.717) is 26.3 Å². The van der Waals surface area contributed by atoms with Gasteiger partial charge in [-0.2, -0.15) is 0 Å². The summed E-state index contributed by atoms with van der Waals surface area (Å²) >= 11 is 17.8. The number of aromatic nitrogens is 1. The lowest BCUT2D eigenvalue weighted by molar-refractivity contribution is 0.102. The summed E-state index contributed by atoms with van der Waals surface area (Å²) in [4.78, 5) is 15.3. The molecule has 0 saturated heterocycles. The van der Waals surface area contributed by atoms with Crippen LogP contribution in [-0.2, 0) is 0 Å². The van der Waals surface area contributed by atoms with Crippen LogP contribution in [0.5, 0.6) is 0 Å². The van der Waals surface area contributed by atoms with Crippen LogP contribution < -0.4 is 5.32 Å². The molecule has 0 aliphatic rings. The summed E-state index contributed by atoms with van der Waals surface area (Å²) in [5.74, 6) is -0.271. The van der Waals surface area contributed by atoms with E-state index in [9.17, 15) is 4.79 Å². The number of rotatable bonds is 2. The van der Waals surface area contributed by atoms with Gasteiger partial charge < -0.3 is 10.3 Å². The molecule has 3 nitrogen and oxygen atoms in total. The van der Waals surface area contributed by atoms with Crippen LogP contribution >= 0.6 is 34.8 Å². The third-order valence-corrected chi connectivity index (χ3v) is 4.11. The van der Waals surface area contributed by atoms with Gasteiger partial charge in [-0.25, -0.2) is 0 Å². The molecule has 0 unspecified atom stereocenters. The number of hydrogen-bond donors (Lipinski definition) is 2. The maximum atomic E-state index is 12.3. The molecule has 1 amide bonds. The Balaban J connectivity index is 1.90. The second-order valence-corrected chi connectivity index (χ2v) is 5.70. The number of halogens is 3. The summed E-state index contributed by atoms with van der Waals surface area (Å²) < 4.78 is 0. The summed E-state index contributed by atoms with van der Waals surface area (Å²) in [5, 5.41) is 4.77. The van der Waals surface area contributed by atoms with Crippen LogP contribution in [0.3, 0.4) is 0 Å². The summed E-state index contributed by atoms with van der Waals surface area (Å²) in [5.41, 5.74) is 1.83. The molecule has 0 spiro atoms. The highest BCUT2D eigenvalue weighted by Gasteiger charge is 2.11. The molecule has 0 atom stereocenters. The zero-order valence-corrected chi connectivity index (χ0v) is 12.9. The van der Waals surface area contributed by atoms with Gasteiger partial charge in [0.15, 0.2) is 0 Å². The van der Waals surface area contributed by atoms with Gasteiger partial charge in [-0.1, -0.05) is 40.9 Å². The predicted molar refractivity (Wildman–Crippen MR) is 87.7 cm³/mol. The van der Waals surface area contributed by atoms with Gasteiger partial charge in [-0.05, 0) is 35.7 Å². The summed E-state index contributed by atoms with van der Waals surface area (Å²) in [6.45, 7) is 0. The van der Waals surface area contributed by atoms with Crippen molar-refractivity contribution in [3.63, 3.8) is 0 Å². The van der Waals surface area contributed by atoms with Crippen LogP contribution in [-0.4, -0.2) is 10.9 Å². The minimum absolute atomic E-state index is 0.271. The van der Waals surface area contributed by atoms with Crippen molar-refractivity contribution in [2.75, 3.05) is 5.32 Å². The first kappa shape index (κ1) is 14.3. The van der Waals surface area contributed by atoms with Gasteiger partial charge in [0.2, 0.25) is 0 Å². The SMILES string of the molecule is O=C(Nc1cc(Cl)c(Cl)cc1Cl)c1ccc2cc[nH]c2c1. The Morgan fingerprint density at radius 1 is 0.952 bits per heavy atom. The lowest BCUT2D eigenvalue weighted by Crippen LogP contribution is -2.12. The van der Waals surface area contributed by atoms with E-state index in [1.165, 1.54) is 12.1 Å². The Labute approximate surface area is 135 Å². The fraction of sp³-hybridized carbons (Fsp3) is 0. The quantitative estimate of drug-likeness (QED) is 0.605. The summed E-state index contributed by atoms with van der Waals surface area (Å²) in [6.07, 6.45) is 1.82. The molecular weight excluding hydrogens is 331 g/mol. The van der Waals surface area contributed by atoms with Gasteiger partial charge in [-0.3, -0.25) is 4.79 Å². The zero-order valence-electron chi connectivity index (χ0n) is 10.6. The average molecular weight is 340 g/mol. The number of benzene rings is 2. The molecule has 2 N–H and O–H groups in total. The van der Waals surface area contributed by atoms with Crippen molar-refractivity contribution in [2.45, 2.75) is 0 Å². The van der Waals surface area contributed by atoms with E-state index in [4.69, 9.17) is 34.8 Å². The highest BCUT2D eigenvalue weighted by Crippen LogP contribution is 2.32. The standard InChI is InChI=1S/C15H9Cl3N2O/c16-10-6-12(18)14(7-11(10)17)20-15(21)9-2-1-8-3-4-19-13(8)5-9/h1-7,19H,(H,20,21). The number of anilines is 1. The van der Waals surface area contributed by atoms with E-state index in [2.05, 4.69) is 10.3 Å². The van der Waals surface area contributed by atoms with Crippen LogP contribution in [0.2, 0.25) is 15.1 Å². The van der Waals surface area contributed by atoms with Crippen LogP contribution in [0.15, 0.2) is 42.6 Å². The third kappa shape index (κ3) is 2.86. The van der Waals surface area contributed by atoms with E-state index in [1.54, 1.807) is 12.1 Å². The number of fused-ring (bicyclic) bond motifs is 1. The molecule has 0 bridgehead atoms. The van der Waals surface area contributed by atoms with Crippen molar-refractivity contribution < 1.29 is 4.79 Å². The number of nitrogens with one attached hydrogen (secondary N) is 2. The number of carbonyl (C=O) groups is 1. The lowest BCUT2D eigenvalue weighted by atomic mass is 10.1. The van der Waals surface area contributed by atoms with Crippen molar-refractivity contribution in [2.24, 2.45) is 0 Å². The Morgan fingerprint density at radius 3 is 2.52 bits per heavy atom. The van der Waals surface area contributed by atoms with Crippen LogP contribution in [0.1, 0.15) is 10.4 Å². The fourth-order valence-electron chi connectivity index (χ4n) is 2.00. The largest absolute Gasteiger partial charge is 0.361 e. The van der Waals surface area contributed by atoms with Gasteiger partial charge in [-0.15, -0.1) is 0 Å². The molecule has 0 fully saturated rings. The van der Waals surface area contributed by atoms with Crippen molar-refractivity contribution in [1.29, 1.82) is 0 Å². The first-order chi connectivity index (χ1) is 10.0. The molecule has 6 heteroatoms. The zero-order chi connectivity index (χ0) is 15.0. The molecule has 21 heavy (non-hydrogen) atoms. The average Bonchev–Trinajstić information content (AvgIpc) is 2.92. The number of H-pyrrole nitrogens is 1. The minimum Gasteiger partial charge on any atom is -0.361 e. The van der Waals surface area contributed by atoms with Crippen molar-refractivity contribution in [3.8, 4) is 0 Å². The Kier molecular flexibility index (Phi) is 3.81. The van der Waals surface area contributed by atoms with Crippen molar-refractivity contribution >= 4 is 57.3 Å². The van der Waals surface area contributed by atoms with E-state index in [0.717, 1.165) is 10.9 Å². The molecule has 3 rings (SSSR count). The Morgan fingerprint density at radius 2 is 1.71 bits per heavy atom. The third-order valence-electron chi connectivity index (χ3n) is 3.08. The molecular formula is C15H9Cl3N2O. The topological polar surface area (TPSA) is 44.9 Å². The molecule has 1 heterocycles. The molecule has 0 aliphatic heterocycles. The molecule has 2 aromatic carbocycles. The first-order valence-electron chi connectivity index (χ1n) is 6.07.